The first-order valence-electron chi connectivity index (χ1n) is 12.2. The minimum atomic E-state index is -3.89. The number of benzene rings is 3. The first-order valence-corrected chi connectivity index (χ1v) is 14.8. The number of halogens is 2. The van der Waals surface area contributed by atoms with E-state index in [9.17, 15) is 22.4 Å². The summed E-state index contributed by atoms with van der Waals surface area (Å²) in [6.45, 7) is 1.53. The number of nitrogens with zero attached hydrogens (tertiary/aromatic N) is 2. The standard InChI is InChI=1S/C28H31BrFN3O4S/c1-3-17-31-28(35)26(18-21-11-5-4-6-12-21)32(19-22-13-7-9-15-24(22)30)27(34)20-33(38(2,36)37)25-16-10-8-14-23(25)29/h4-16,26H,3,17-20H2,1-2H3,(H,31,35)/t26-/m1/s1. The molecule has 0 saturated heterocycles. The second kappa shape index (κ2) is 13.5. The summed E-state index contributed by atoms with van der Waals surface area (Å²) in [5, 5.41) is 2.85. The Balaban J connectivity index is 2.06. The van der Waals surface area contributed by atoms with Crippen molar-refractivity contribution in [1.82, 2.24) is 10.2 Å². The Kier molecular flexibility index (Phi) is 10.4. The fourth-order valence-electron chi connectivity index (χ4n) is 3.98. The molecular weight excluding hydrogens is 573 g/mol. The van der Waals surface area contributed by atoms with Crippen molar-refractivity contribution < 1.29 is 22.4 Å². The Morgan fingerprint density at radius 1 is 0.974 bits per heavy atom. The summed E-state index contributed by atoms with van der Waals surface area (Å²) in [6, 6.07) is 20.8. The van der Waals surface area contributed by atoms with Crippen LogP contribution in [0.25, 0.3) is 0 Å². The molecule has 7 nitrogen and oxygen atoms in total. The zero-order valence-corrected chi connectivity index (χ0v) is 23.7. The highest BCUT2D eigenvalue weighted by Gasteiger charge is 2.33. The van der Waals surface area contributed by atoms with Crippen molar-refractivity contribution in [2.45, 2.75) is 32.4 Å². The van der Waals surface area contributed by atoms with Crippen molar-refractivity contribution in [3.05, 3.63) is 100 Å². The Morgan fingerprint density at radius 2 is 1.61 bits per heavy atom. The topological polar surface area (TPSA) is 86.8 Å². The lowest BCUT2D eigenvalue weighted by Gasteiger charge is -2.33. The van der Waals surface area contributed by atoms with Gasteiger partial charge >= 0.3 is 0 Å². The van der Waals surface area contributed by atoms with Crippen molar-refractivity contribution in [1.29, 1.82) is 0 Å². The highest BCUT2D eigenvalue weighted by atomic mass is 79.9. The van der Waals surface area contributed by atoms with Gasteiger partial charge in [-0.2, -0.15) is 0 Å². The van der Waals surface area contributed by atoms with Gasteiger partial charge in [0.15, 0.2) is 0 Å². The van der Waals surface area contributed by atoms with Crippen LogP contribution in [0.2, 0.25) is 0 Å². The predicted molar refractivity (Wildman–Crippen MR) is 151 cm³/mol. The van der Waals surface area contributed by atoms with E-state index < -0.39 is 40.2 Å². The quantitative estimate of drug-likeness (QED) is 0.330. The molecule has 0 heterocycles. The van der Waals surface area contributed by atoms with Gasteiger partial charge in [0.05, 0.1) is 11.9 Å². The van der Waals surface area contributed by atoms with Gasteiger partial charge < -0.3 is 10.2 Å². The molecule has 1 N–H and O–H groups in total. The van der Waals surface area contributed by atoms with Gasteiger partial charge in [0, 0.05) is 29.5 Å². The molecule has 38 heavy (non-hydrogen) atoms. The molecule has 3 rings (SSSR count). The third-order valence-corrected chi connectivity index (χ3v) is 7.72. The molecule has 10 heteroatoms. The van der Waals surface area contributed by atoms with Crippen LogP contribution in [0.4, 0.5) is 10.1 Å². The number of para-hydroxylation sites is 1. The van der Waals surface area contributed by atoms with Crippen molar-refractivity contribution in [2.24, 2.45) is 0 Å². The number of hydrogen-bond donors (Lipinski definition) is 1. The van der Waals surface area contributed by atoms with E-state index in [0.29, 0.717) is 17.4 Å². The van der Waals surface area contributed by atoms with Crippen LogP contribution in [0.3, 0.4) is 0 Å². The van der Waals surface area contributed by atoms with Crippen LogP contribution in [0, 0.1) is 5.82 Å². The van der Waals surface area contributed by atoms with E-state index in [1.165, 1.54) is 11.0 Å². The molecule has 0 aliphatic heterocycles. The molecule has 3 aromatic rings. The molecule has 0 unspecified atom stereocenters. The van der Waals surface area contributed by atoms with E-state index in [0.717, 1.165) is 16.1 Å². The lowest BCUT2D eigenvalue weighted by Crippen LogP contribution is -2.53. The summed E-state index contributed by atoms with van der Waals surface area (Å²) in [7, 11) is -3.89. The highest BCUT2D eigenvalue weighted by molar-refractivity contribution is 9.10. The minimum Gasteiger partial charge on any atom is -0.354 e. The van der Waals surface area contributed by atoms with E-state index >= 15 is 0 Å². The van der Waals surface area contributed by atoms with Crippen LogP contribution in [0.1, 0.15) is 24.5 Å². The smallest absolute Gasteiger partial charge is 0.244 e. The Labute approximate surface area is 231 Å². The van der Waals surface area contributed by atoms with Gasteiger partial charge in [0.25, 0.3) is 0 Å². The fourth-order valence-corrected chi connectivity index (χ4v) is 5.46. The Morgan fingerprint density at radius 3 is 2.24 bits per heavy atom. The van der Waals surface area contributed by atoms with E-state index in [4.69, 9.17) is 0 Å². The van der Waals surface area contributed by atoms with Gasteiger partial charge in [0.1, 0.15) is 18.4 Å². The summed E-state index contributed by atoms with van der Waals surface area (Å²) in [6.07, 6.45) is 1.87. The molecule has 0 saturated carbocycles. The monoisotopic (exact) mass is 603 g/mol. The molecule has 3 aromatic carbocycles. The second-order valence-electron chi connectivity index (χ2n) is 8.83. The van der Waals surface area contributed by atoms with Crippen LogP contribution in [0.15, 0.2) is 83.3 Å². The van der Waals surface area contributed by atoms with Gasteiger partial charge in [-0.3, -0.25) is 13.9 Å². The number of amides is 2. The highest BCUT2D eigenvalue weighted by Crippen LogP contribution is 2.28. The first-order chi connectivity index (χ1) is 18.1. The molecule has 202 valence electrons. The molecule has 0 radical (unpaired) electrons. The maximum atomic E-state index is 14.7. The third kappa shape index (κ3) is 7.88. The molecule has 1 atom stereocenters. The summed E-state index contributed by atoms with van der Waals surface area (Å²) >= 11 is 3.36. The molecule has 2 amide bonds. The zero-order chi connectivity index (χ0) is 27.7. The van der Waals surface area contributed by atoms with Crippen LogP contribution in [-0.4, -0.2) is 50.5 Å². The minimum absolute atomic E-state index is 0.171. The number of anilines is 1. The first kappa shape index (κ1) is 29.3. The Hall–Kier alpha value is -3.24. The number of hydrogen-bond acceptors (Lipinski definition) is 4. The van der Waals surface area contributed by atoms with E-state index in [1.54, 1.807) is 42.5 Å². The number of sulfonamides is 1. The normalized spacial score (nSPS) is 12.0. The van der Waals surface area contributed by atoms with E-state index in [2.05, 4.69) is 21.2 Å². The zero-order valence-electron chi connectivity index (χ0n) is 21.3. The lowest BCUT2D eigenvalue weighted by molar-refractivity contribution is -0.140. The molecule has 0 fully saturated rings. The second-order valence-corrected chi connectivity index (χ2v) is 11.6. The lowest BCUT2D eigenvalue weighted by atomic mass is 10.0. The van der Waals surface area contributed by atoms with E-state index in [-0.39, 0.29) is 24.2 Å². The Bertz CT molecular complexity index is 1350. The number of nitrogens with one attached hydrogen (secondary N) is 1. The van der Waals surface area contributed by atoms with Crippen LogP contribution in [0.5, 0.6) is 0 Å². The molecule has 0 aliphatic rings. The number of rotatable bonds is 12. The predicted octanol–water partition coefficient (Wildman–Crippen LogP) is 4.52. The van der Waals surface area contributed by atoms with Gasteiger partial charge in [0.2, 0.25) is 21.8 Å². The summed E-state index contributed by atoms with van der Waals surface area (Å²) in [5.74, 6) is -1.56. The average molecular weight is 605 g/mol. The summed E-state index contributed by atoms with van der Waals surface area (Å²) in [5.41, 5.74) is 1.31. The van der Waals surface area contributed by atoms with Gasteiger partial charge in [-0.15, -0.1) is 0 Å². The van der Waals surface area contributed by atoms with Crippen LogP contribution < -0.4 is 9.62 Å². The van der Waals surface area contributed by atoms with Gasteiger partial charge in [-0.05, 0) is 46.1 Å². The maximum Gasteiger partial charge on any atom is 0.244 e. The molecule has 0 bridgehead atoms. The van der Waals surface area contributed by atoms with Gasteiger partial charge in [-0.25, -0.2) is 12.8 Å². The van der Waals surface area contributed by atoms with Crippen molar-refractivity contribution >= 4 is 43.5 Å². The van der Waals surface area contributed by atoms with Crippen LogP contribution >= 0.6 is 15.9 Å². The third-order valence-electron chi connectivity index (χ3n) is 5.92. The van der Waals surface area contributed by atoms with Crippen molar-refractivity contribution in [3.63, 3.8) is 0 Å². The largest absolute Gasteiger partial charge is 0.354 e. The SMILES string of the molecule is CCCNC(=O)[C@@H](Cc1ccccc1)N(Cc1ccccc1F)C(=O)CN(c1ccccc1Br)S(C)(=O)=O. The average Bonchev–Trinajstić information content (AvgIpc) is 2.89. The molecular formula is C28H31BrFN3O4S. The van der Waals surface area contributed by atoms with Crippen molar-refractivity contribution in [3.8, 4) is 0 Å². The number of carbonyl (C=O) groups excluding carboxylic acids is 2. The summed E-state index contributed by atoms with van der Waals surface area (Å²) < 4.78 is 41.8. The summed E-state index contributed by atoms with van der Waals surface area (Å²) in [4.78, 5) is 28.6. The number of carbonyl (C=O) groups is 2. The van der Waals surface area contributed by atoms with Gasteiger partial charge in [-0.1, -0.05) is 67.6 Å². The molecule has 0 aliphatic carbocycles. The maximum absolute atomic E-state index is 14.7. The van der Waals surface area contributed by atoms with E-state index in [1.807, 2.05) is 37.3 Å². The molecule has 0 aromatic heterocycles. The van der Waals surface area contributed by atoms with Crippen LogP contribution in [-0.2, 0) is 32.6 Å². The fraction of sp³-hybridized carbons (Fsp3) is 0.286. The van der Waals surface area contributed by atoms with Crippen molar-refractivity contribution in [2.75, 3.05) is 23.7 Å². The molecule has 0 spiro atoms.